The SMILES string of the molecule is COc1ccccc1N1CCN(CC(CN2C(=O)c3ccccc3C2=O)OC(=O)c2ccccc2)CC1. The van der Waals surface area contributed by atoms with Crippen LogP contribution >= 0.6 is 0 Å². The van der Waals surface area contributed by atoms with Crippen molar-refractivity contribution >= 4 is 23.5 Å². The summed E-state index contributed by atoms with van der Waals surface area (Å²) in [5, 5.41) is 0. The molecule has 1 saturated heterocycles. The summed E-state index contributed by atoms with van der Waals surface area (Å²) >= 11 is 0. The highest BCUT2D eigenvalue weighted by Gasteiger charge is 2.38. The molecule has 3 aromatic rings. The summed E-state index contributed by atoms with van der Waals surface area (Å²) in [7, 11) is 1.67. The zero-order valence-corrected chi connectivity index (χ0v) is 20.7. The minimum Gasteiger partial charge on any atom is -0.495 e. The van der Waals surface area contributed by atoms with Crippen LogP contribution in [0.1, 0.15) is 31.1 Å². The van der Waals surface area contributed by atoms with Crippen molar-refractivity contribution < 1.29 is 23.9 Å². The van der Waals surface area contributed by atoms with Crippen LogP contribution in [0.2, 0.25) is 0 Å². The third-order valence-corrected chi connectivity index (χ3v) is 6.81. The smallest absolute Gasteiger partial charge is 0.338 e. The zero-order chi connectivity index (χ0) is 25.8. The Balaban J connectivity index is 1.29. The molecule has 8 nitrogen and oxygen atoms in total. The fraction of sp³-hybridized carbons (Fsp3) is 0.276. The average molecular weight is 500 g/mol. The quantitative estimate of drug-likeness (QED) is 0.347. The number of nitrogens with zero attached hydrogens (tertiary/aromatic N) is 3. The molecule has 1 fully saturated rings. The van der Waals surface area contributed by atoms with E-state index in [0.717, 1.165) is 37.6 Å². The molecule has 3 aromatic carbocycles. The van der Waals surface area contributed by atoms with Gasteiger partial charge in [0.2, 0.25) is 0 Å². The molecule has 190 valence electrons. The molecule has 2 heterocycles. The van der Waals surface area contributed by atoms with Crippen molar-refractivity contribution in [2.24, 2.45) is 0 Å². The molecule has 0 N–H and O–H groups in total. The molecule has 0 aliphatic carbocycles. The number of fused-ring (bicyclic) bond motifs is 1. The summed E-state index contributed by atoms with van der Waals surface area (Å²) < 4.78 is 11.4. The average Bonchev–Trinajstić information content (AvgIpc) is 3.18. The van der Waals surface area contributed by atoms with Gasteiger partial charge in [0.15, 0.2) is 0 Å². The van der Waals surface area contributed by atoms with Gasteiger partial charge in [-0.05, 0) is 36.4 Å². The number of ether oxygens (including phenoxy) is 2. The Hall–Kier alpha value is -4.17. The topological polar surface area (TPSA) is 79.4 Å². The summed E-state index contributed by atoms with van der Waals surface area (Å²) in [5.74, 6) is -0.365. The van der Waals surface area contributed by atoms with Crippen LogP contribution in [0, 0.1) is 0 Å². The number of anilines is 1. The van der Waals surface area contributed by atoms with Gasteiger partial charge in [-0.3, -0.25) is 19.4 Å². The van der Waals surface area contributed by atoms with Gasteiger partial charge in [0.1, 0.15) is 11.9 Å². The van der Waals surface area contributed by atoms with Crippen LogP contribution in [0.3, 0.4) is 0 Å². The second-order valence-electron chi connectivity index (χ2n) is 9.12. The number of esters is 1. The lowest BCUT2D eigenvalue weighted by molar-refractivity contribution is 0.00932. The van der Waals surface area contributed by atoms with Crippen molar-refractivity contribution in [2.75, 3.05) is 51.3 Å². The third-order valence-electron chi connectivity index (χ3n) is 6.81. The molecule has 5 rings (SSSR count). The van der Waals surface area contributed by atoms with Gasteiger partial charge in [-0.15, -0.1) is 0 Å². The predicted molar refractivity (Wildman–Crippen MR) is 139 cm³/mol. The van der Waals surface area contributed by atoms with Gasteiger partial charge in [-0.2, -0.15) is 0 Å². The Labute approximate surface area is 216 Å². The van der Waals surface area contributed by atoms with Gasteiger partial charge in [-0.25, -0.2) is 4.79 Å². The summed E-state index contributed by atoms with van der Waals surface area (Å²) in [5.41, 5.74) is 2.23. The normalized spacial score (nSPS) is 16.5. The highest BCUT2D eigenvalue weighted by molar-refractivity contribution is 6.21. The highest BCUT2D eigenvalue weighted by atomic mass is 16.5. The Morgan fingerprint density at radius 2 is 1.38 bits per heavy atom. The lowest BCUT2D eigenvalue weighted by Crippen LogP contribution is -2.51. The van der Waals surface area contributed by atoms with Crippen LogP contribution in [-0.2, 0) is 4.74 Å². The Bertz CT molecular complexity index is 1250. The molecule has 1 atom stereocenters. The van der Waals surface area contributed by atoms with Gasteiger partial charge in [-0.1, -0.05) is 42.5 Å². The molecule has 8 heteroatoms. The van der Waals surface area contributed by atoms with E-state index in [1.807, 2.05) is 30.3 Å². The van der Waals surface area contributed by atoms with Crippen LogP contribution in [0.4, 0.5) is 5.69 Å². The molecule has 0 saturated carbocycles. The number of carbonyl (C=O) groups is 3. The highest BCUT2D eigenvalue weighted by Crippen LogP contribution is 2.28. The van der Waals surface area contributed by atoms with E-state index in [9.17, 15) is 14.4 Å². The van der Waals surface area contributed by atoms with E-state index in [4.69, 9.17) is 9.47 Å². The van der Waals surface area contributed by atoms with Crippen molar-refractivity contribution in [2.45, 2.75) is 6.10 Å². The largest absolute Gasteiger partial charge is 0.495 e. The molecule has 0 aromatic heterocycles. The minimum atomic E-state index is -0.673. The number of hydrogen-bond donors (Lipinski definition) is 0. The fourth-order valence-corrected chi connectivity index (χ4v) is 4.88. The van der Waals surface area contributed by atoms with Gasteiger partial charge in [0.05, 0.1) is 36.0 Å². The van der Waals surface area contributed by atoms with E-state index < -0.39 is 12.1 Å². The van der Waals surface area contributed by atoms with E-state index in [0.29, 0.717) is 23.2 Å². The molecular formula is C29H29N3O5. The van der Waals surface area contributed by atoms with Crippen molar-refractivity contribution in [3.05, 3.63) is 95.6 Å². The first-order valence-electron chi connectivity index (χ1n) is 12.4. The third kappa shape index (κ3) is 5.20. The van der Waals surface area contributed by atoms with Crippen molar-refractivity contribution in [3.63, 3.8) is 0 Å². The van der Waals surface area contributed by atoms with E-state index in [1.165, 1.54) is 4.90 Å². The molecule has 1 unspecified atom stereocenters. The van der Waals surface area contributed by atoms with Crippen molar-refractivity contribution in [3.8, 4) is 5.75 Å². The number of methoxy groups -OCH3 is 1. The summed E-state index contributed by atoms with van der Waals surface area (Å²) in [6, 6.07) is 23.5. The molecule has 2 amide bonds. The second kappa shape index (κ2) is 10.8. The Morgan fingerprint density at radius 3 is 2.03 bits per heavy atom. The maximum absolute atomic E-state index is 13.0. The number of piperazine rings is 1. The van der Waals surface area contributed by atoms with Gasteiger partial charge in [0.25, 0.3) is 11.8 Å². The van der Waals surface area contributed by atoms with Crippen LogP contribution in [0.25, 0.3) is 0 Å². The van der Waals surface area contributed by atoms with E-state index in [2.05, 4.69) is 9.80 Å². The van der Waals surface area contributed by atoms with Crippen LogP contribution in [0.5, 0.6) is 5.75 Å². The molecule has 2 aliphatic rings. The molecule has 0 spiro atoms. The number of imide groups is 1. The number of hydrogen-bond acceptors (Lipinski definition) is 7. The predicted octanol–water partition coefficient (Wildman–Crippen LogP) is 3.34. The molecule has 37 heavy (non-hydrogen) atoms. The first-order valence-corrected chi connectivity index (χ1v) is 12.4. The number of para-hydroxylation sites is 2. The molecule has 0 radical (unpaired) electrons. The maximum Gasteiger partial charge on any atom is 0.338 e. The van der Waals surface area contributed by atoms with Gasteiger partial charge < -0.3 is 14.4 Å². The number of carbonyl (C=O) groups excluding carboxylic acids is 3. The minimum absolute atomic E-state index is 0.00234. The Kier molecular flexibility index (Phi) is 7.18. The zero-order valence-electron chi connectivity index (χ0n) is 20.7. The van der Waals surface area contributed by atoms with Crippen molar-refractivity contribution in [1.82, 2.24) is 9.80 Å². The van der Waals surface area contributed by atoms with Crippen LogP contribution in [-0.4, -0.2) is 80.1 Å². The molecule has 2 aliphatic heterocycles. The fourth-order valence-electron chi connectivity index (χ4n) is 4.88. The van der Waals surface area contributed by atoms with Crippen LogP contribution in [0.15, 0.2) is 78.9 Å². The summed E-state index contributed by atoms with van der Waals surface area (Å²) in [4.78, 5) is 44.5. The molecule has 0 bridgehead atoms. The van der Waals surface area contributed by atoms with Gasteiger partial charge >= 0.3 is 5.97 Å². The standard InChI is InChI=1S/C29H29N3O5/c1-36-26-14-8-7-13-25(26)31-17-15-30(16-18-31)19-22(37-29(35)21-9-3-2-4-10-21)20-32-27(33)23-11-5-6-12-24(23)28(32)34/h2-14,22H,15-20H2,1H3. The maximum atomic E-state index is 13.0. The first kappa shape index (κ1) is 24.5. The van der Waals surface area contributed by atoms with Crippen LogP contribution < -0.4 is 9.64 Å². The first-order chi connectivity index (χ1) is 18.0. The lowest BCUT2D eigenvalue weighted by atomic mass is 10.1. The lowest BCUT2D eigenvalue weighted by Gasteiger charge is -2.38. The number of rotatable bonds is 8. The summed E-state index contributed by atoms with van der Waals surface area (Å²) in [6.45, 7) is 3.42. The van der Waals surface area contributed by atoms with Crippen molar-refractivity contribution in [1.29, 1.82) is 0 Å². The number of amides is 2. The van der Waals surface area contributed by atoms with Gasteiger partial charge in [0, 0.05) is 32.7 Å². The van der Waals surface area contributed by atoms with E-state index >= 15 is 0 Å². The number of benzene rings is 3. The summed E-state index contributed by atoms with van der Waals surface area (Å²) in [6.07, 6.45) is -0.673. The molecular weight excluding hydrogens is 470 g/mol. The Morgan fingerprint density at radius 1 is 0.784 bits per heavy atom. The second-order valence-corrected chi connectivity index (χ2v) is 9.12. The monoisotopic (exact) mass is 499 g/mol. The van der Waals surface area contributed by atoms with E-state index in [-0.39, 0.29) is 18.4 Å². The van der Waals surface area contributed by atoms with E-state index in [1.54, 1.807) is 55.6 Å².